The van der Waals surface area contributed by atoms with Crippen LogP contribution >= 0.6 is 11.6 Å². The standard InChI is InChI=1S/C13H28BCl/c1-10(2)12(5)14(8-7-9-15)13(6)11(3)4/h10-13H,7-9H2,1-6H3. The maximum atomic E-state index is 5.81. The Labute approximate surface area is 102 Å². The molecule has 0 aliphatic heterocycles. The predicted octanol–water partition coefficient (Wildman–Crippen LogP) is 5.20. The van der Waals surface area contributed by atoms with E-state index < -0.39 is 0 Å². The van der Waals surface area contributed by atoms with E-state index in [1.165, 1.54) is 12.7 Å². The lowest BCUT2D eigenvalue weighted by Crippen LogP contribution is -2.29. The van der Waals surface area contributed by atoms with E-state index in [-0.39, 0.29) is 0 Å². The lowest BCUT2D eigenvalue weighted by molar-refractivity contribution is 0.558. The largest absolute Gasteiger partial charge is 0.146 e. The first kappa shape index (κ1) is 15.4. The number of halogens is 1. The molecule has 0 radical (unpaired) electrons. The first-order chi connectivity index (χ1) is 6.91. The molecule has 0 aliphatic carbocycles. The maximum absolute atomic E-state index is 5.81. The van der Waals surface area contributed by atoms with Gasteiger partial charge < -0.3 is 0 Å². The van der Waals surface area contributed by atoms with Crippen LogP contribution in [0.1, 0.15) is 48.0 Å². The molecule has 0 aromatic heterocycles. The average molecular weight is 231 g/mol. The predicted molar refractivity (Wildman–Crippen MR) is 74.4 cm³/mol. The van der Waals surface area contributed by atoms with Gasteiger partial charge in [-0.05, 0) is 6.42 Å². The van der Waals surface area contributed by atoms with Gasteiger partial charge in [-0.1, -0.05) is 71.3 Å². The van der Waals surface area contributed by atoms with Crippen molar-refractivity contribution in [2.75, 3.05) is 5.88 Å². The maximum Gasteiger partial charge on any atom is 0.146 e. The highest BCUT2D eigenvalue weighted by atomic mass is 35.5. The highest BCUT2D eigenvalue weighted by Crippen LogP contribution is 2.35. The molecule has 2 heteroatoms. The Hall–Kier alpha value is 0.355. The van der Waals surface area contributed by atoms with Crippen LogP contribution in [0.3, 0.4) is 0 Å². The summed E-state index contributed by atoms with van der Waals surface area (Å²) in [5.74, 6) is 4.00. The van der Waals surface area contributed by atoms with Gasteiger partial charge in [0.15, 0.2) is 0 Å². The van der Waals surface area contributed by atoms with Gasteiger partial charge in [-0.3, -0.25) is 0 Å². The van der Waals surface area contributed by atoms with Crippen LogP contribution in [0.4, 0.5) is 0 Å². The summed E-state index contributed by atoms with van der Waals surface area (Å²) in [6.45, 7) is 15.0. The number of alkyl halides is 1. The van der Waals surface area contributed by atoms with E-state index in [9.17, 15) is 0 Å². The summed E-state index contributed by atoms with van der Waals surface area (Å²) in [5.41, 5.74) is 0. The fourth-order valence-corrected chi connectivity index (χ4v) is 2.46. The van der Waals surface area contributed by atoms with E-state index in [2.05, 4.69) is 41.5 Å². The van der Waals surface area contributed by atoms with Crippen molar-refractivity contribution in [1.82, 2.24) is 0 Å². The lowest BCUT2D eigenvalue weighted by atomic mass is 9.29. The van der Waals surface area contributed by atoms with E-state index in [0.29, 0.717) is 0 Å². The molecule has 0 spiro atoms. The van der Waals surface area contributed by atoms with Gasteiger partial charge in [0.05, 0.1) is 0 Å². The molecule has 0 nitrogen and oxygen atoms in total. The molecule has 2 unspecified atom stereocenters. The molecule has 0 saturated heterocycles. The third-order valence-corrected chi connectivity index (χ3v) is 4.39. The Morgan fingerprint density at radius 1 is 0.867 bits per heavy atom. The first-order valence-electron chi connectivity index (χ1n) is 6.47. The van der Waals surface area contributed by atoms with Crippen LogP contribution in [0.2, 0.25) is 18.0 Å². The van der Waals surface area contributed by atoms with E-state index in [4.69, 9.17) is 11.6 Å². The first-order valence-corrected chi connectivity index (χ1v) is 7.01. The summed E-state index contributed by atoms with van der Waals surface area (Å²) >= 11 is 5.81. The second kappa shape index (κ2) is 7.60. The third-order valence-electron chi connectivity index (χ3n) is 4.12. The molecule has 0 N–H and O–H groups in total. The zero-order valence-electron chi connectivity index (χ0n) is 11.4. The van der Waals surface area contributed by atoms with Gasteiger partial charge in [0.2, 0.25) is 0 Å². The molecule has 90 valence electrons. The van der Waals surface area contributed by atoms with Gasteiger partial charge in [-0.15, -0.1) is 11.6 Å². The van der Waals surface area contributed by atoms with Gasteiger partial charge in [0.25, 0.3) is 0 Å². The summed E-state index contributed by atoms with van der Waals surface area (Å²) in [6.07, 6.45) is 2.46. The summed E-state index contributed by atoms with van der Waals surface area (Å²) in [4.78, 5) is 0. The van der Waals surface area contributed by atoms with Crippen LogP contribution < -0.4 is 0 Å². The molecular formula is C13H28BCl. The van der Waals surface area contributed by atoms with E-state index in [1.807, 2.05) is 0 Å². The Morgan fingerprint density at radius 2 is 1.27 bits per heavy atom. The van der Waals surface area contributed by atoms with Gasteiger partial charge in [-0.2, -0.15) is 0 Å². The minimum Gasteiger partial charge on any atom is -0.127 e. The average Bonchev–Trinajstić information content (AvgIpc) is 2.17. The molecule has 0 saturated carbocycles. The summed E-state index contributed by atoms with van der Waals surface area (Å²) in [6, 6.07) is 0. The van der Waals surface area contributed by atoms with Crippen molar-refractivity contribution >= 4 is 18.3 Å². The highest BCUT2D eigenvalue weighted by Gasteiger charge is 2.30. The quantitative estimate of drug-likeness (QED) is 0.416. The minimum absolute atomic E-state index is 0.784. The summed E-state index contributed by atoms with van der Waals surface area (Å²) in [5, 5.41) is 0. The van der Waals surface area contributed by atoms with Crippen LogP contribution in [-0.2, 0) is 0 Å². The van der Waals surface area contributed by atoms with Gasteiger partial charge in [-0.25, -0.2) is 0 Å². The fourth-order valence-electron chi connectivity index (χ4n) is 2.31. The molecular weight excluding hydrogens is 202 g/mol. The second-order valence-corrected chi connectivity index (χ2v) is 6.08. The molecule has 0 heterocycles. The van der Waals surface area contributed by atoms with Crippen molar-refractivity contribution < 1.29 is 0 Å². The minimum atomic E-state index is 0.784. The van der Waals surface area contributed by atoms with Crippen LogP contribution in [-0.4, -0.2) is 12.6 Å². The zero-order valence-corrected chi connectivity index (χ0v) is 12.1. The molecule has 0 fully saturated rings. The van der Waals surface area contributed by atoms with E-state index in [0.717, 1.165) is 36.1 Å². The molecule has 0 rings (SSSR count). The molecule has 0 aromatic carbocycles. The van der Waals surface area contributed by atoms with Gasteiger partial charge in [0, 0.05) is 5.88 Å². The van der Waals surface area contributed by atoms with E-state index >= 15 is 0 Å². The van der Waals surface area contributed by atoms with Crippen molar-refractivity contribution in [3.63, 3.8) is 0 Å². The van der Waals surface area contributed by atoms with Crippen molar-refractivity contribution in [3.05, 3.63) is 0 Å². The van der Waals surface area contributed by atoms with Gasteiger partial charge in [0.1, 0.15) is 6.71 Å². The van der Waals surface area contributed by atoms with Crippen LogP contribution in [0.25, 0.3) is 0 Å². The number of hydrogen-bond acceptors (Lipinski definition) is 0. The van der Waals surface area contributed by atoms with Crippen molar-refractivity contribution in [2.45, 2.75) is 65.9 Å². The molecule has 0 aliphatic rings. The summed E-state index contributed by atoms with van der Waals surface area (Å²) in [7, 11) is 0. The van der Waals surface area contributed by atoms with Crippen molar-refractivity contribution in [3.8, 4) is 0 Å². The van der Waals surface area contributed by atoms with Crippen molar-refractivity contribution in [1.29, 1.82) is 0 Å². The lowest BCUT2D eigenvalue weighted by Gasteiger charge is -2.31. The zero-order chi connectivity index (χ0) is 12.0. The molecule has 0 bridgehead atoms. The Morgan fingerprint density at radius 3 is 1.53 bits per heavy atom. The second-order valence-electron chi connectivity index (χ2n) is 5.70. The number of hydrogen-bond donors (Lipinski definition) is 0. The van der Waals surface area contributed by atoms with Crippen LogP contribution in [0, 0.1) is 11.8 Å². The van der Waals surface area contributed by atoms with Crippen LogP contribution in [0.5, 0.6) is 0 Å². The molecule has 2 atom stereocenters. The fraction of sp³-hybridized carbons (Fsp3) is 1.00. The Balaban J connectivity index is 4.42. The Bertz CT molecular complexity index is 143. The molecule has 15 heavy (non-hydrogen) atoms. The van der Waals surface area contributed by atoms with Gasteiger partial charge >= 0.3 is 0 Å². The van der Waals surface area contributed by atoms with Crippen LogP contribution in [0.15, 0.2) is 0 Å². The topological polar surface area (TPSA) is 0 Å². The third kappa shape index (κ3) is 5.29. The SMILES string of the molecule is CC(C)C(C)B(CCCCl)C(C)C(C)C. The monoisotopic (exact) mass is 230 g/mol. The number of rotatable bonds is 7. The highest BCUT2D eigenvalue weighted by molar-refractivity contribution is 6.62. The summed E-state index contributed by atoms with van der Waals surface area (Å²) < 4.78 is 0. The van der Waals surface area contributed by atoms with Crippen molar-refractivity contribution in [2.24, 2.45) is 11.8 Å². The smallest absolute Gasteiger partial charge is 0.127 e. The molecule has 0 aromatic rings. The van der Waals surface area contributed by atoms with E-state index in [1.54, 1.807) is 0 Å². The Kier molecular flexibility index (Phi) is 7.78. The molecule has 0 amide bonds. The normalized spacial score (nSPS) is 15.8.